The lowest BCUT2D eigenvalue weighted by atomic mass is 10.2. The van der Waals surface area contributed by atoms with Gasteiger partial charge in [-0.1, -0.05) is 46.3 Å². The van der Waals surface area contributed by atoms with Crippen LogP contribution in [0.1, 0.15) is 17.5 Å². The third-order valence-corrected chi connectivity index (χ3v) is 4.33. The Morgan fingerprint density at radius 2 is 1.83 bits per heavy atom. The number of carbonyl (C=O) groups excluding carboxylic acids is 2. The van der Waals surface area contributed by atoms with Gasteiger partial charge in [0.05, 0.1) is 0 Å². The minimum atomic E-state index is -0.309. The lowest BCUT2D eigenvalue weighted by molar-refractivity contribution is -0.133. The minimum Gasteiger partial charge on any atom is -0.341 e. The quantitative estimate of drug-likeness (QED) is 0.810. The summed E-state index contributed by atoms with van der Waals surface area (Å²) in [5, 5.41) is 2.75. The molecule has 0 spiro atoms. The predicted molar refractivity (Wildman–Crippen MR) is 95.0 cm³/mol. The molecule has 0 aliphatic rings. The smallest absolute Gasteiger partial charge is 0.233 e. The summed E-state index contributed by atoms with van der Waals surface area (Å²) in [6.45, 7) is 2.43. The molecule has 0 fully saturated rings. The summed E-state index contributed by atoms with van der Waals surface area (Å²) in [6.07, 6.45) is -0.168. The Balaban J connectivity index is 1.88. The highest BCUT2D eigenvalue weighted by Gasteiger charge is 2.14. The van der Waals surface area contributed by atoms with Gasteiger partial charge in [0.25, 0.3) is 0 Å². The van der Waals surface area contributed by atoms with Crippen molar-refractivity contribution in [3.8, 4) is 0 Å². The molecular weight excluding hydrogens is 356 g/mol. The lowest BCUT2D eigenvalue weighted by Crippen LogP contribution is -2.30. The van der Waals surface area contributed by atoms with Crippen molar-refractivity contribution in [3.05, 3.63) is 64.1 Å². The minimum absolute atomic E-state index is 0.168. The first-order valence-electron chi connectivity index (χ1n) is 7.29. The Hall–Kier alpha value is -2.14. The summed E-state index contributed by atoms with van der Waals surface area (Å²) in [4.78, 5) is 25.7. The van der Waals surface area contributed by atoms with E-state index >= 15 is 0 Å². The van der Waals surface area contributed by atoms with E-state index in [-0.39, 0.29) is 18.2 Å². The SMILES string of the molecule is Cc1cc(NC(=O)CC(=O)N(C)Cc2ccccc2)ccc1Br. The van der Waals surface area contributed by atoms with Crippen LogP contribution in [0, 0.1) is 6.92 Å². The van der Waals surface area contributed by atoms with E-state index in [1.54, 1.807) is 18.0 Å². The largest absolute Gasteiger partial charge is 0.341 e. The Morgan fingerprint density at radius 3 is 2.48 bits per heavy atom. The molecule has 0 heterocycles. The van der Waals surface area contributed by atoms with Crippen molar-refractivity contribution in [2.45, 2.75) is 19.9 Å². The molecule has 4 nitrogen and oxygen atoms in total. The number of carbonyl (C=O) groups is 2. The molecule has 0 saturated carbocycles. The summed E-state index contributed by atoms with van der Waals surface area (Å²) in [6, 6.07) is 15.2. The van der Waals surface area contributed by atoms with Crippen LogP contribution in [0.4, 0.5) is 5.69 Å². The van der Waals surface area contributed by atoms with Gasteiger partial charge in [-0.25, -0.2) is 0 Å². The van der Waals surface area contributed by atoms with Gasteiger partial charge >= 0.3 is 0 Å². The van der Waals surface area contributed by atoms with E-state index in [2.05, 4.69) is 21.2 Å². The van der Waals surface area contributed by atoms with Crippen molar-refractivity contribution < 1.29 is 9.59 Å². The standard InChI is InChI=1S/C18H19BrN2O2/c1-13-10-15(8-9-16(13)19)20-17(22)11-18(23)21(2)12-14-6-4-3-5-7-14/h3-10H,11-12H2,1-2H3,(H,20,22). The number of rotatable bonds is 5. The number of anilines is 1. The molecule has 0 saturated heterocycles. The van der Waals surface area contributed by atoms with Gasteiger partial charge in [0.1, 0.15) is 6.42 Å². The Morgan fingerprint density at radius 1 is 1.13 bits per heavy atom. The highest BCUT2D eigenvalue weighted by Crippen LogP contribution is 2.20. The maximum absolute atomic E-state index is 12.1. The van der Waals surface area contributed by atoms with E-state index in [1.807, 2.05) is 49.4 Å². The lowest BCUT2D eigenvalue weighted by Gasteiger charge is -2.17. The van der Waals surface area contributed by atoms with Crippen molar-refractivity contribution in [2.24, 2.45) is 0 Å². The number of hydrogen-bond acceptors (Lipinski definition) is 2. The first-order valence-corrected chi connectivity index (χ1v) is 8.09. The maximum Gasteiger partial charge on any atom is 0.233 e. The van der Waals surface area contributed by atoms with Gasteiger partial charge in [-0.05, 0) is 36.2 Å². The van der Waals surface area contributed by atoms with Gasteiger partial charge < -0.3 is 10.2 Å². The van der Waals surface area contributed by atoms with Crippen molar-refractivity contribution >= 4 is 33.4 Å². The second-order valence-corrected chi connectivity index (χ2v) is 6.28. The molecule has 2 aromatic carbocycles. The van der Waals surface area contributed by atoms with E-state index in [1.165, 1.54) is 0 Å². The number of benzene rings is 2. The highest BCUT2D eigenvalue weighted by molar-refractivity contribution is 9.10. The Labute approximate surface area is 144 Å². The van der Waals surface area contributed by atoms with Crippen LogP contribution in [0.3, 0.4) is 0 Å². The van der Waals surface area contributed by atoms with Crippen molar-refractivity contribution in [1.82, 2.24) is 4.90 Å². The zero-order chi connectivity index (χ0) is 16.8. The number of hydrogen-bond donors (Lipinski definition) is 1. The molecule has 0 unspecified atom stereocenters. The molecule has 0 bridgehead atoms. The summed E-state index contributed by atoms with van der Waals surface area (Å²) in [5.41, 5.74) is 2.75. The number of nitrogens with zero attached hydrogens (tertiary/aromatic N) is 1. The topological polar surface area (TPSA) is 49.4 Å². The van der Waals surface area contributed by atoms with Crippen LogP contribution in [-0.4, -0.2) is 23.8 Å². The molecule has 0 aliphatic carbocycles. The van der Waals surface area contributed by atoms with Crippen LogP contribution in [0.2, 0.25) is 0 Å². The monoisotopic (exact) mass is 374 g/mol. The number of halogens is 1. The fraction of sp³-hybridized carbons (Fsp3) is 0.222. The van der Waals surface area contributed by atoms with E-state index in [0.29, 0.717) is 12.2 Å². The molecule has 0 atom stereocenters. The van der Waals surface area contributed by atoms with Crippen LogP contribution < -0.4 is 5.32 Å². The number of nitrogens with one attached hydrogen (secondary N) is 1. The predicted octanol–water partition coefficient (Wildman–Crippen LogP) is 3.74. The third kappa shape index (κ3) is 5.21. The summed E-state index contributed by atoms with van der Waals surface area (Å²) in [7, 11) is 1.70. The van der Waals surface area contributed by atoms with Gasteiger partial charge in [-0.2, -0.15) is 0 Å². The van der Waals surface area contributed by atoms with Gasteiger partial charge in [0.2, 0.25) is 11.8 Å². The molecule has 0 aromatic heterocycles. The molecular formula is C18H19BrN2O2. The van der Waals surface area contributed by atoms with Gasteiger partial charge in [-0.3, -0.25) is 9.59 Å². The van der Waals surface area contributed by atoms with Crippen LogP contribution in [0.15, 0.2) is 53.0 Å². The van der Waals surface area contributed by atoms with E-state index in [0.717, 1.165) is 15.6 Å². The normalized spacial score (nSPS) is 10.2. The van der Waals surface area contributed by atoms with E-state index in [4.69, 9.17) is 0 Å². The number of aryl methyl sites for hydroxylation is 1. The first-order chi connectivity index (χ1) is 11.0. The van der Waals surface area contributed by atoms with E-state index in [9.17, 15) is 9.59 Å². The van der Waals surface area contributed by atoms with Crippen molar-refractivity contribution in [2.75, 3.05) is 12.4 Å². The zero-order valence-corrected chi connectivity index (χ0v) is 14.8. The van der Waals surface area contributed by atoms with Crippen LogP contribution in [-0.2, 0) is 16.1 Å². The zero-order valence-electron chi connectivity index (χ0n) is 13.2. The van der Waals surface area contributed by atoms with Crippen LogP contribution in [0.25, 0.3) is 0 Å². The fourth-order valence-electron chi connectivity index (χ4n) is 2.15. The average Bonchev–Trinajstić information content (AvgIpc) is 2.51. The summed E-state index contributed by atoms with van der Waals surface area (Å²) < 4.78 is 0.981. The summed E-state index contributed by atoms with van der Waals surface area (Å²) >= 11 is 3.41. The molecule has 0 aliphatic heterocycles. The molecule has 2 amide bonds. The van der Waals surface area contributed by atoms with Crippen molar-refractivity contribution in [1.29, 1.82) is 0 Å². The van der Waals surface area contributed by atoms with Crippen LogP contribution >= 0.6 is 15.9 Å². The molecule has 23 heavy (non-hydrogen) atoms. The van der Waals surface area contributed by atoms with Crippen LogP contribution in [0.5, 0.6) is 0 Å². The molecule has 1 N–H and O–H groups in total. The van der Waals surface area contributed by atoms with Gasteiger partial charge in [-0.15, -0.1) is 0 Å². The summed E-state index contributed by atoms with van der Waals surface area (Å²) in [5.74, 6) is -0.517. The molecule has 2 aromatic rings. The maximum atomic E-state index is 12.1. The molecule has 120 valence electrons. The second-order valence-electron chi connectivity index (χ2n) is 5.42. The third-order valence-electron chi connectivity index (χ3n) is 3.44. The van der Waals surface area contributed by atoms with Gasteiger partial charge in [0.15, 0.2) is 0 Å². The molecule has 2 rings (SSSR count). The second kappa shape index (κ2) is 7.92. The van der Waals surface area contributed by atoms with Gasteiger partial charge in [0, 0.05) is 23.8 Å². The average molecular weight is 375 g/mol. The number of amides is 2. The highest BCUT2D eigenvalue weighted by atomic mass is 79.9. The molecule has 0 radical (unpaired) electrons. The Bertz CT molecular complexity index is 701. The molecule has 5 heteroatoms. The fourth-order valence-corrected chi connectivity index (χ4v) is 2.39. The van der Waals surface area contributed by atoms with E-state index < -0.39 is 0 Å². The first kappa shape index (κ1) is 17.2. The van der Waals surface area contributed by atoms with Crippen molar-refractivity contribution in [3.63, 3.8) is 0 Å². The Kier molecular flexibility index (Phi) is 5.93.